The lowest BCUT2D eigenvalue weighted by Gasteiger charge is -2.28. The molecule has 0 aliphatic rings. The number of halogens is 2. The highest BCUT2D eigenvalue weighted by Gasteiger charge is 2.34. The third kappa shape index (κ3) is 9.48. The number of pyridine rings is 1. The molecular formula is C38H42F2N8O6. The molecule has 0 radical (unpaired) electrons. The van der Waals surface area contributed by atoms with Gasteiger partial charge in [-0.15, -0.1) is 0 Å². The van der Waals surface area contributed by atoms with E-state index in [1.165, 1.54) is 23.1 Å². The zero-order valence-electron chi connectivity index (χ0n) is 31.2. The number of nitrogens with zero attached hydrogens (tertiary/aromatic N) is 6. The van der Waals surface area contributed by atoms with Crippen molar-refractivity contribution in [2.24, 2.45) is 0 Å². The average molecular weight is 745 g/mol. The number of anilines is 1. The van der Waals surface area contributed by atoms with Crippen LogP contribution in [-0.2, 0) is 27.2 Å². The summed E-state index contributed by atoms with van der Waals surface area (Å²) in [4.78, 5) is 67.3. The van der Waals surface area contributed by atoms with Crippen LogP contribution in [0.15, 0.2) is 61.1 Å². The standard InChI is InChI=1S/C38H42F2N8O6/c1-21(2)30-18-29(46-34-43-20-44-48(30)34)33(50)45-28(17-22-10-12-26(39)27(40)16-22)32(49)42-19-23-9-11-25-24(15-23)13-14-41-31(25)47(35(51)53-37(3,4)5)36(52)54-38(6,7)8/h9-16,18,20-21,28H,17,19H2,1-8H3,(H,42,49)(H,45,50). The molecule has 0 bridgehead atoms. The van der Waals surface area contributed by atoms with Gasteiger partial charge in [-0.2, -0.15) is 15.0 Å². The quantitative estimate of drug-likeness (QED) is 0.172. The highest BCUT2D eigenvalue weighted by molar-refractivity contribution is 6.13. The summed E-state index contributed by atoms with van der Waals surface area (Å²) >= 11 is 0. The van der Waals surface area contributed by atoms with Crippen LogP contribution in [0.1, 0.15) is 88.6 Å². The maximum absolute atomic E-state index is 14.2. The Hall–Kier alpha value is -6.06. The van der Waals surface area contributed by atoms with Crippen molar-refractivity contribution >= 4 is 46.4 Å². The van der Waals surface area contributed by atoms with E-state index in [9.17, 15) is 28.0 Å². The van der Waals surface area contributed by atoms with Crippen LogP contribution in [0.25, 0.3) is 16.6 Å². The van der Waals surface area contributed by atoms with Gasteiger partial charge in [0.15, 0.2) is 17.5 Å². The van der Waals surface area contributed by atoms with Gasteiger partial charge in [0.2, 0.25) is 5.91 Å². The molecule has 2 N–H and O–H groups in total. The van der Waals surface area contributed by atoms with Gasteiger partial charge in [-0.3, -0.25) is 9.59 Å². The first kappa shape index (κ1) is 39.2. The molecule has 14 nitrogen and oxygen atoms in total. The van der Waals surface area contributed by atoms with Crippen molar-refractivity contribution in [1.29, 1.82) is 0 Å². The number of amides is 4. The number of imide groups is 1. The summed E-state index contributed by atoms with van der Waals surface area (Å²) in [7, 11) is 0. The number of hydrogen-bond acceptors (Lipinski definition) is 10. The third-order valence-electron chi connectivity index (χ3n) is 7.79. The molecule has 0 saturated carbocycles. The fraction of sp³-hybridized carbons (Fsp3) is 0.368. The van der Waals surface area contributed by atoms with Crippen molar-refractivity contribution in [1.82, 2.24) is 35.2 Å². The molecule has 5 rings (SSSR count). The Balaban J connectivity index is 1.40. The molecule has 0 saturated heterocycles. The summed E-state index contributed by atoms with van der Waals surface area (Å²) in [6.45, 7) is 13.8. The van der Waals surface area contributed by atoms with Gasteiger partial charge in [0.05, 0.1) is 5.69 Å². The van der Waals surface area contributed by atoms with E-state index in [0.717, 1.165) is 17.0 Å². The largest absolute Gasteiger partial charge is 0.443 e. The summed E-state index contributed by atoms with van der Waals surface area (Å²) in [5.41, 5.74) is -0.301. The second-order valence-electron chi connectivity index (χ2n) is 14.9. The molecule has 16 heteroatoms. The monoisotopic (exact) mass is 744 g/mol. The van der Waals surface area contributed by atoms with Crippen LogP contribution >= 0.6 is 0 Å². The van der Waals surface area contributed by atoms with Crippen LogP contribution < -0.4 is 15.5 Å². The molecule has 3 heterocycles. The van der Waals surface area contributed by atoms with Gasteiger partial charge < -0.3 is 20.1 Å². The maximum atomic E-state index is 14.2. The average Bonchev–Trinajstić information content (AvgIpc) is 3.55. The second kappa shape index (κ2) is 15.5. The van der Waals surface area contributed by atoms with Gasteiger partial charge in [-0.1, -0.05) is 32.0 Å². The first-order valence-corrected chi connectivity index (χ1v) is 17.2. The first-order valence-electron chi connectivity index (χ1n) is 17.2. The molecule has 3 aromatic heterocycles. The number of benzene rings is 2. The van der Waals surface area contributed by atoms with E-state index in [-0.39, 0.29) is 41.7 Å². The van der Waals surface area contributed by atoms with E-state index in [0.29, 0.717) is 22.0 Å². The van der Waals surface area contributed by atoms with Crippen LogP contribution in [0.2, 0.25) is 0 Å². The van der Waals surface area contributed by atoms with Crippen LogP contribution in [0.5, 0.6) is 0 Å². The van der Waals surface area contributed by atoms with E-state index >= 15 is 0 Å². The minimum atomic E-state index is -1.23. The molecule has 2 aromatic carbocycles. The Morgan fingerprint density at radius 3 is 2.15 bits per heavy atom. The summed E-state index contributed by atoms with van der Waals surface area (Å²) in [5.74, 6) is -3.31. The van der Waals surface area contributed by atoms with Crippen molar-refractivity contribution in [3.8, 4) is 0 Å². The summed E-state index contributed by atoms with van der Waals surface area (Å²) in [6, 6.07) is 10.3. The van der Waals surface area contributed by atoms with Crippen LogP contribution in [-0.4, -0.2) is 65.8 Å². The van der Waals surface area contributed by atoms with Gasteiger partial charge >= 0.3 is 12.2 Å². The molecule has 1 unspecified atom stereocenters. The van der Waals surface area contributed by atoms with Crippen molar-refractivity contribution in [2.45, 2.75) is 91.5 Å². The summed E-state index contributed by atoms with van der Waals surface area (Å²) < 4.78 is 40.4. The number of carbonyl (C=O) groups excluding carboxylic acids is 4. The van der Waals surface area contributed by atoms with E-state index in [1.54, 1.807) is 71.9 Å². The molecule has 1 atom stereocenters. The maximum Gasteiger partial charge on any atom is 0.425 e. The predicted molar refractivity (Wildman–Crippen MR) is 195 cm³/mol. The number of carbonyl (C=O) groups is 4. The molecule has 0 aliphatic heterocycles. The van der Waals surface area contributed by atoms with Crippen molar-refractivity contribution < 1.29 is 37.4 Å². The van der Waals surface area contributed by atoms with Crippen LogP contribution in [0.4, 0.5) is 24.2 Å². The smallest absolute Gasteiger partial charge is 0.425 e. The predicted octanol–water partition coefficient (Wildman–Crippen LogP) is 6.41. The Kier molecular flexibility index (Phi) is 11.2. The molecular weight excluding hydrogens is 702 g/mol. The number of hydrogen-bond donors (Lipinski definition) is 2. The van der Waals surface area contributed by atoms with Crippen LogP contribution in [0.3, 0.4) is 0 Å². The number of fused-ring (bicyclic) bond motifs is 2. The normalized spacial score (nSPS) is 12.4. The SMILES string of the molecule is CC(C)c1cc(C(=O)NC(Cc2ccc(F)c(F)c2)C(=O)NCc2ccc3c(N(C(=O)OC(C)(C)C)C(=O)OC(C)(C)C)nccc3c2)nc2ncnn12. The van der Waals surface area contributed by atoms with Gasteiger partial charge in [0.25, 0.3) is 11.7 Å². The third-order valence-corrected chi connectivity index (χ3v) is 7.79. The number of nitrogens with one attached hydrogen (secondary N) is 2. The fourth-order valence-electron chi connectivity index (χ4n) is 5.38. The van der Waals surface area contributed by atoms with Crippen molar-refractivity contribution in [3.63, 3.8) is 0 Å². The summed E-state index contributed by atoms with van der Waals surface area (Å²) in [6.07, 6.45) is 0.623. The molecule has 54 heavy (non-hydrogen) atoms. The van der Waals surface area contributed by atoms with Crippen LogP contribution in [0, 0.1) is 11.6 Å². The molecule has 284 valence electrons. The van der Waals surface area contributed by atoms with E-state index in [4.69, 9.17) is 9.47 Å². The molecule has 0 fully saturated rings. The lowest BCUT2D eigenvalue weighted by molar-refractivity contribution is -0.123. The topological polar surface area (TPSA) is 170 Å². The molecule has 0 aliphatic carbocycles. The number of ether oxygens (including phenoxy) is 2. The van der Waals surface area contributed by atoms with E-state index in [1.807, 2.05) is 13.8 Å². The van der Waals surface area contributed by atoms with E-state index in [2.05, 4.69) is 30.7 Å². The van der Waals surface area contributed by atoms with Gasteiger partial charge in [-0.05, 0) is 94.3 Å². The highest BCUT2D eigenvalue weighted by atomic mass is 19.2. The van der Waals surface area contributed by atoms with E-state index < -0.39 is 52.9 Å². The minimum absolute atomic E-state index is 0.00645. The lowest BCUT2D eigenvalue weighted by Crippen LogP contribution is -2.48. The van der Waals surface area contributed by atoms with Crippen molar-refractivity contribution in [2.75, 3.05) is 4.90 Å². The molecule has 0 spiro atoms. The lowest BCUT2D eigenvalue weighted by atomic mass is 10.0. The Bertz CT molecular complexity index is 2200. The zero-order chi connectivity index (χ0) is 39.5. The van der Waals surface area contributed by atoms with Gasteiger partial charge in [0, 0.05) is 24.5 Å². The Morgan fingerprint density at radius 2 is 1.52 bits per heavy atom. The van der Waals surface area contributed by atoms with Gasteiger partial charge in [-0.25, -0.2) is 32.9 Å². The second-order valence-corrected chi connectivity index (χ2v) is 14.9. The zero-order valence-corrected chi connectivity index (χ0v) is 31.2. The fourth-order valence-corrected chi connectivity index (χ4v) is 5.38. The molecule has 4 amide bonds. The van der Waals surface area contributed by atoms with Gasteiger partial charge in [0.1, 0.15) is 29.3 Å². The Labute approximate surface area is 310 Å². The molecule has 5 aromatic rings. The Morgan fingerprint density at radius 1 is 0.852 bits per heavy atom. The first-order chi connectivity index (χ1) is 25.3. The number of rotatable bonds is 9. The highest BCUT2D eigenvalue weighted by Crippen LogP contribution is 2.29. The van der Waals surface area contributed by atoms with Crippen molar-refractivity contribution in [3.05, 3.63) is 95.2 Å². The minimum Gasteiger partial charge on any atom is -0.443 e. The number of aromatic nitrogens is 5. The summed E-state index contributed by atoms with van der Waals surface area (Å²) in [5, 5.41) is 10.7.